The van der Waals surface area contributed by atoms with Crippen molar-refractivity contribution in [3.8, 4) is 100 Å². The minimum absolute atomic E-state index is 0.376. The van der Waals surface area contributed by atoms with Gasteiger partial charge < -0.3 is 10.2 Å². The molecule has 0 heterocycles. The zero-order valence-corrected chi connectivity index (χ0v) is 82.7. The zero-order chi connectivity index (χ0) is 89.1. The molecule has 0 radical (unpaired) electrons. The third-order valence-corrected chi connectivity index (χ3v) is 39.5. The predicted molar refractivity (Wildman–Crippen MR) is 574 cm³/mol. The molecule has 682 valence electrons. The van der Waals surface area contributed by atoms with Gasteiger partial charge in [0.25, 0.3) is 0 Å². The lowest BCUT2D eigenvalue weighted by Crippen LogP contribution is -2.25. The van der Waals surface area contributed by atoms with Gasteiger partial charge in [-0.05, 0) is 449 Å². The molecule has 0 aromatic heterocycles. The Morgan fingerprint density at radius 3 is 0.568 bits per heavy atom. The van der Waals surface area contributed by atoms with Crippen molar-refractivity contribution < 1.29 is 0 Å². The maximum Gasteiger partial charge on any atom is 0.0535 e. The number of fused-ring (bicyclic) bond motifs is 6. The van der Waals surface area contributed by atoms with E-state index in [9.17, 15) is 0 Å². The van der Waals surface area contributed by atoms with Crippen LogP contribution in [0, 0.1) is 0 Å². The van der Waals surface area contributed by atoms with Gasteiger partial charge in [0.05, 0.1) is 11.4 Å². The van der Waals surface area contributed by atoms with Gasteiger partial charge >= 0.3 is 0 Å². The van der Waals surface area contributed by atoms with Crippen molar-refractivity contribution >= 4 is 27.5 Å². The molecule has 132 heavy (non-hydrogen) atoms. The van der Waals surface area contributed by atoms with E-state index in [1.165, 1.54) is 361 Å². The second-order valence-electron chi connectivity index (χ2n) is 41.3. The van der Waals surface area contributed by atoms with Crippen molar-refractivity contribution in [3.63, 3.8) is 0 Å². The van der Waals surface area contributed by atoms with Crippen LogP contribution in [0.4, 0.5) is 11.4 Å². The Labute approximate surface area is 798 Å². The van der Waals surface area contributed by atoms with Crippen LogP contribution in [0.2, 0.25) is 0 Å². The quantitative estimate of drug-likeness (QED) is 0.0701. The number of hydrogen-bond acceptors (Lipinski definition) is 2. The maximum atomic E-state index is 4.82. The summed E-state index contributed by atoms with van der Waals surface area (Å²) < 4.78 is 0. The Balaban J connectivity index is 0.000000130. The van der Waals surface area contributed by atoms with Crippen LogP contribution < -0.4 is 10.2 Å². The monoisotopic (exact) mass is 1780 g/mol. The normalized spacial score (nSPS) is 17.7. The van der Waals surface area contributed by atoms with Crippen LogP contribution >= 0.6 is 16.1 Å². The van der Waals surface area contributed by atoms with E-state index in [2.05, 4.69) is 246 Å². The molecule has 2 N–H and O–H groups in total. The second kappa shape index (κ2) is 43.4. The molecule has 2 nitrogen and oxygen atoms in total. The van der Waals surface area contributed by atoms with E-state index in [0.29, 0.717) is 0 Å². The molecule has 0 saturated heterocycles. The van der Waals surface area contributed by atoms with E-state index in [4.69, 9.17) is 10.2 Å². The van der Waals surface area contributed by atoms with E-state index in [1.54, 1.807) is 122 Å². The highest BCUT2D eigenvalue weighted by atomic mass is 31.1. The highest BCUT2D eigenvalue weighted by molar-refractivity contribution is 7.61. The first-order valence-corrected chi connectivity index (χ1v) is 56.9. The van der Waals surface area contributed by atoms with Crippen molar-refractivity contribution in [2.75, 3.05) is 10.2 Å². The lowest BCUT2D eigenvalue weighted by atomic mass is 9.73. The fraction of sp³-hybridized carbons (Fsp3) is 0.438. The van der Waals surface area contributed by atoms with Crippen LogP contribution in [0.15, 0.2) is 218 Å². The van der Waals surface area contributed by atoms with Crippen molar-refractivity contribution in [1.29, 1.82) is 0 Å². The molecule has 4 saturated carbocycles. The lowest BCUT2D eigenvalue weighted by molar-refractivity contribution is 0.485. The molecule has 12 aromatic carbocycles. The van der Waals surface area contributed by atoms with E-state index in [-0.39, 0.29) is 16.1 Å². The molecule has 10 aliphatic rings. The summed E-state index contributed by atoms with van der Waals surface area (Å²) >= 11 is 0. The Hall–Kier alpha value is -8.90. The summed E-state index contributed by atoms with van der Waals surface area (Å²) in [5.74, 6) is 0. The SMILES string of the molecule is CCc1c(-c2ccccc2)cc2c(c1-c1c3c(cc(-c4ccccc4)c1CC)CCCC3)CCCC2.CCc1c(-c2ccccc2)cc2c(c1-c1c3c(cc(-c4ccccc4)c1CC)CCCC3)CCCC2.c1ccc(-c2cc3c(c(-c4c5c(cc(-c6ccccc6)c4NP(C4CCCCC4)C4CCCCC4)CCCC5)c2NP(C2CCCCC2)C2CCCCC2)CCCC3)cc1. The molecule has 12 aromatic rings. The summed E-state index contributed by atoms with van der Waals surface area (Å²) in [6, 6.07) is 83.7. The maximum absolute atomic E-state index is 4.82. The highest BCUT2D eigenvalue weighted by Crippen LogP contribution is 2.64. The van der Waals surface area contributed by atoms with Gasteiger partial charge in [-0.2, -0.15) is 0 Å². The molecular weight excluding hydrogens is 1630 g/mol. The van der Waals surface area contributed by atoms with Gasteiger partial charge in [-0.25, -0.2) is 0 Å². The molecule has 22 rings (SSSR count). The van der Waals surface area contributed by atoms with Crippen LogP contribution in [0.3, 0.4) is 0 Å². The highest BCUT2D eigenvalue weighted by Gasteiger charge is 2.40. The first kappa shape index (κ1) is 90.9. The molecular formula is C128H150N2P2. The summed E-state index contributed by atoms with van der Waals surface area (Å²) in [5.41, 5.74) is 59.2. The van der Waals surface area contributed by atoms with E-state index in [0.717, 1.165) is 48.3 Å². The average molecular weight is 1780 g/mol. The molecule has 0 atom stereocenters. The smallest absolute Gasteiger partial charge is 0.0535 e. The van der Waals surface area contributed by atoms with E-state index in [1.807, 2.05) is 0 Å². The van der Waals surface area contributed by atoms with Gasteiger partial charge in [0, 0.05) is 22.3 Å². The standard InChI is InChI=1S/C56H74N2P2.2C36H38/c1-7-23-41(24-8-1)51-39-43-27-19-21-37-49(43)53(55(51)57-59(45-29-11-3-12-30-45)46-31-13-4-14-32-46)54-50-38-22-20-28-44(50)40-52(42-25-9-2-10-26-42)56(54)58-60(47-33-15-5-16-34-47)48-35-17-6-18-36-48;2*1-3-29-33(25-15-7-5-8-16-25)23-27-19-11-13-21-31(27)35(29)36-30(4-2)34(26-17-9-6-10-18-26)24-28-20-12-14-22-32(28)36/h1-2,7-10,23-26,39-40,45-48,57-58H,3-6,11-22,27-38H2;2*5-10,15-18,23-24H,3-4,11-14,19-22H2,1-2H3. The topological polar surface area (TPSA) is 24.1 Å². The Morgan fingerprint density at radius 2 is 0.371 bits per heavy atom. The first-order valence-electron chi connectivity index (χ1n) is 53.9. The Bertz CT molecular complexity index is 5300. The molecule has 4 fully saturated rings. The minimum atomic E-state index is -0.376. The number of hydrogen-bond donors (Lipinski definition) is 2. The number of nitrogens with one attached hydrogen (secondary N) is 2. The number of anilines is 2. The van der Waals surface area contributed by atoms with Crippen LogP contribution in [-0.2, 0) is 103 Å². The molecule has 4 heteroatoms. The number of aryl methyl sites for hydroxylation is 6. The summed E-state index contributed by atoms with van der Waals surface area (Å²) in [5, 5.41) is 9.64. The average Bonchev–Trinajstić information content (AvgIpc) is 0.735. The van der Waals surface area contributed by atoms with Crippen LogP contribution in [0.1, 0.15) is 322 Å². The van der Waals surface area contributed by atoms with Crippen LogP contribution in [0.5, 0.6) is 0 Å². The summed E-state index contributed by atoms with van der Waals surface area (Å²) in [4.78, 5) is 0. The third kappa shape index (κ3) is 19.3. The number of rotatable bonds is 21. The van der Waals surface area contributed by atoms with Crippen LogP contribution in [0.25, 0.3) is 100 Å². The molecule has 0 spiro atoms. The second-order valence-corrected chi connectivity index (χ2v) is 46.3. The summed E-state index contributed by atoms with van der Waals surface area (Å²) in [6.07, 6.45) is 63.2. The van der Waals surface area contributed by atoms with E-state index < -0.39 is 0 Å². The molecule has 0 aliphatic heterocycles. The Morgan fingerprint density at radius 1 is 0.197 bits per heavy atom. The molecule has 10 aliphatic carbocycles. The van der Waals surface area contributed by atoms with Crippen molar-refractivity contribution in [3.05, 3.63) is 307 Å². The van der Waals surface area contributed by atoms with Gasteiger partial charge in [-0.1, -0.05) is 311 Å². The lowest BCUT2D eigenvalue weighted by Gasteiger charge is -2.42. The Kier molecular flexibility index (Phi) is 29.9. The zero-order valence-electron chi connectivity index (χ0n) is 80.9. The van der Waals surface area contributed by atoms with Gasteiger partial charge in [0.2, 0.25) is 0 Å². The fourth-order valence-electron chi connectivity index (χ4n) is 26.9. The number of benzene rings is 12. The van der Waals surface area contributed by atoms with Crippen molar-refractivity contribution in [1.82, 2.24) is 0 Å². The van der Waals surface area contributed by atoms with Crippen LogP contribution in [-0.4, -0.2) is 22.6 Å². The van der Waals surface area contributed by atoms with Crippen molar-refractivity contribution in [2.24, 2.45) is 0 Å². The molecule has 0 unspecified atom stereocenters. The largest absolute Gasteiger partial charge is 0.363 e. The van der Waals surface area contributed by atoms with E-state index >= 15 is 0 Å². The molecule has 0 bridgehead atoms. The van der Waals surface area contributed by atoms with Gasteiger partial charge in [0.1, 0.15) is 0 Å². The van der Waals surface area contributed by atoms with Crippen molar-refractivity contribution in [2.45, 2.75) is 359 Å². The third-order valence-electron chi connectivity index (χ3n) is 33.4. The minimum Gasteiger partial charge on any atom is -0.363 e. The molecule has 0 amide bonds. The van der Waals surface area contributed by atoms with Gasteiger partial charge in [-0.15, -0.1) is 0 Å². The fourth-order valence-corrected chi connectivity index (χ4v) is 33.5. The summed E-state index contributed by atoms with van der Waals surface area (Å²) in [6.45, 7) is 9.50. The first-order chi connectivity index (χ1) is 65.4. The summed E-state index contributed by atoms with van der Waals surface area (Å²) in [7, 11) is -0.751. The van der Waals surface area contributed by atoms with Gasteiger partial charge in [0.15, 0.2) is 0 Å². The predicted octanol–water partition coefficient (Wildman–Crippen LogP) is 36.5. The van der Waals surface area contributed by atoms with Gasteiger partial charge in [-0.3, -0.25) is 0 Å².